The van der Waals surface area contributed by atoms with Gasteiger partial charge in [0.05, 0.1) is 18.1 Å². The molecular weight excluding hydrogens is 363 g/mol. The van der Waals surface area contributed by atoms with E-state index in [0.717, 1.165) is 0 Å². The van der Waals surface area contributed by atoms with Gasteiger partial charge in [0.1, 0.15) is 28.2 Å². The first-order chi connectivity index (χ1) is 12.5. The highest BCUT2D eigenvalue weighted by Gasteiger charge is 2.16. The average molecular weight is 375 g/mol. The predicted octanol–water partition coefficient (Wildman–Crippen LogP) is 4.60. The van der Waals surface area contributed by atoms with E-state index >= 15 is 0 Å². The van der Waals surface area contributed by atoms with Crippen molar-refractivity contribution in [3.63, 3.8) is 0 Å². The lowest BCUT2D eigenvalue weighted by Crippen LogP contribution is -2.01. The van der Waals surface area contributed by atoms with Crippen molar-refractivity contribution >= 4 is 28.8 Å². The molecule has 0 spiro atoms. The molecule has 0 unspecified atom stereocenters. The molecule has 9 heteroatoms. The number of aromatic nitrogens is 2. The van der Waals surface area contributed by atoms with Gasteiger partial charge >= 0.3 is 0 Å². The lowest BCUT2D eigenvalue weighted by Gasteiger charge is -2.09. The number of anilines is 2. The van der Waals surface area contributed by atoms with Gasteiger partial charge in [-0.05, 0) is 24.3 Å². The van der Waals surface area contributed by atoms with Crippen LogP contribution in [0.1, 0.15) is 0 Å². The van der Waals surface area contributed by atoms with Crippen LogP contribution in [0.4, 0.5) is 21.6 Å². The topological polar surface area (TPSA) is 90.2 Å². The number of hydrogen-bond acceptors (Lipinski definition) is 6. The summed E-state index contributed by atoms with van der Waals surface area (Å²) in [7, 11) is 1.42. The van der Waals surface area contributed by atoms with Gasteiger partial charge in [0.25, 0.3) is 5.69 Å². The summed E-state index contributed by atoms with van der Waals surface area (Å²) >= 11 is 6.02. The van der Waals surface area contributed by atoms with Gasteiger partial charge in [-0.2, -0.15) is 0 Å². The van der Waals surface area contributed by atoms with Crippen molar-refractivity contribution < 1.29 is 14.1 Å². The summed E-state index contributed by atoms with van der Waals surface area (Å²) in [6.07, 6.45) is 0. The maximum Gasteiger partial charge on any atom is 0.296 e. The second-order valence-corrected chi connectivity index (χ2v) is 5.56. The summed E-state index contributed by atoms with van der Waals surface area (Å²) in [5.74, 6) is 0.336. The van der Waals surface area contributed by atoms with Crippen LogP contribution in [0.5, 0.6) is 5.75 Å². The molecule has 0 aliphatic carbocycles. The van der Waals surface area contributed by atoms with E-state index in [9.17, 15) is 14.5 Å². The lowest BCUT2D eigenvalue weighted by atomic mass is 10.2. The van der Waals surface area contributed by atoms with Crippen LogP contribution in [-0.4, -0.2) is 22.0 Å². The number of methoxy groups -OCH3 is 1. The van der Waals surface area contributed by atoms with Gasteiger partial charge in [-0.3, -0.25) is 10.1 Å². The number of ether oxygens (including phenoxy) is 1. The van der Waals surface area contributed by atoms with E-state index in [2.05, 4.69) is 15.3 Å². The number of nitrogens with zero attached hydrogens (tertiary/aromatic N) is 3. The van der Waals surface area contributed by atoms with Crippen LogP contribution in [0, 0.1) is 15.9 Å². The van der Waals surface area contributed by atoms with E-state index in [1.165, 1.54) is 43.5 Å². The monoisotopic (exact) mass is 374 g/mol. The van der Waals surface area contributed by atoms with Crippen LogP contribution in [0.15, 0.2) is 48.5 Å². The first-order valence-corrected chi connectivity index (χ1v) is 7.74. The van der Waals surface area contributed by atoms with Crippen molar-refractivity contribution in [3.05, 3.63) is 69.6 Å². The molecule has 3 rings (SSSR count). The molecule has 3 aromatic rings. The molecule has 7 nitrogen and oxygen atoms in total. The number of rotatable bonds is 5. The molecule has 0 aliphatic rings. The highest BCUT2D eigenvalue weighted by molar-refractivity contribution is 6.29. The Balaban J connectivity index is 2.00. The highest BCUT2D eigenvalue weighted by atomic mass is 35.5. The molecule has 1 heterocycles. The Morgan fingerprint density at radius 2 is 2.00 bits per heavy atom. The van der Waals surface area contributed by atoms with E-state index < -0.39 is 10.7 Å². The van der Waals surface area contributed by atoms with Crippen LogP contribution in [0.3, 0.4) is 0 Å². The minimum Gasteiger partial charge on any atom is -0.496 e. The zero-order valence-corrected chi connectivity index (χ0v) is 14.2. The summed E-state index contributed by atoms with van der Waals surface area (Å²) in [4.78, 5) is 19.1. The fourth-order valence-corrected chi connectivity index (χ4v) is 2.45. The van der Waals surface area contributed by atoms with E-state index in [4.69, 9.17) is 16.3 Å². The Hall–Kier alpha value is -3.26. The van der Waals surface area contributed by atoms with Gasteiger partial charge in [-0.1, -0.05) is 23.7 Å². The van der Waals surface area contributed by atoms with E-state index in [0.29, 0.717) is 11.3 Å². The van der Waals surface area contributed by atoms with Crippen molar-refractivity contribution in [3.8, 4) is 17.1 Å². The number of halogens is 2. The lowest BCUT2D eigenvalue weighted by molar-refractivity contribution is -0.384. The van der Waals surface area contributed by atoms with Crippen LogP contribution in [0.25, 0.3) is 11.4 Å². The Morgan fingerprint density at radius 1 is 1.19 bits per heavy atom. The molecule has 1 aromatic heterocycles. The third-order valence-electron chi connectivity index (χ3n) is 3.44. The Morgan fingerprint density at radius 3 is 2.69 bits per heavy atom. The Bertz CT molecular complexity index is 984. The molecule has 0 bridgehead atoms. The number of nitrogens with one attached hydrogen (secondary N) is 1. The maximum atomic E-state index is 13.4. The molecule has 0 radical (unpaired) electrons. The molecule has 0 saturated carbocycles. The number of benzene rings is 2. The van der Waals surface area contributed by atoms with E-state index in [-0.39, 0.29) is 28.2 Å². The normalized spacial score (nSPS) is 10.4. The Labute approximate surface area is 152 Å². The molecule has 26 heavy (non-hydrogen) atoms. The Kier molecular flexibility index (Phi) is 4.94. The summed E-state index contributed by atoms with van der Waals surface area (Å²) in [6.45, 7) is 0. The van der Waals surface area contributed by atoms with Crippen molar-refractivity contribution in [1.29, 1.82) is 0 Å². The van der Waals surface area contributed by atoms with Crippen molar-refractivity contribution in [2.75, 3.05) is 12.4 Å². The maximum absolute atomic E-state index is 13.4. The van der Waals surface area contributed by atoms with Gasteiger partial charge in [0.15, 0.2) is 5.82 Å². The van der Waals surface area contributed by atoms with E-state index in [1.54, 1.807) is 12.1 Å². The van der Waals surface area contributed by atoms with Crippen molar-refractivity contribution in [2.45, 2.75) is 0 Å². The van der Waals surface area contributed by atoms with Crippen molar-refractivity contribution in [1.82, 2.24) is 9.97 Å². The highest BCUT2D eigenvalue weighted by Crippen LogP contribution is 2.32. The first kappa shape index (κ1) is 17.6. The fourth-order valence-electron chi connectivity index (χ4n) is 2.27. The van der Waals surface area contributed by atoms with Gasteiger partial charge in [-0.25, -0.2) is 14.4 Å². The van der Waals surface area contributed by atoms with Gasteiger partial charge < -0.3 is 10.1 Å². The summed E-state index contributed by atoms with van der Waals surface area (Å²) < 4.78 is 18.4. The van der Waals surface area contributed by atoms with E-state index in [1.807, 2.05) is 0 Å². The molecule has 0 fully saturated rings. The standard InChI is InChI=1S/C17H12ClFN4O3/c1-26-12-5-6-13(14(8-12)23(24)25)20-16-9-15(18)21-17(22-16)10-3-2-4-11(19)7-10/h2-9H,1H3,(H,20,21,22). The summed E-state index contributed by atoms with van der Waals surface area (Å²) in [5.41, 5.74) is 0.446. The summed E-state index contributed by atoms with van der Waals surface area (Å²) in [5, 5.41) is 14.2. The van der Waals surface area contributed by atoms with Crippen molar-refractivity contribution in [2.24, 2.45) is 0 Å². The quantitative estimate of drug-likeness (QED) is 0.399. The van der Waals surface area contributed by atoms with Gasteiger partial charge in [0, 0.05) is 11.6 Å². The summed E-state index contributed by atoms with van der Waals surface area (Å²) in [6, 6.07) is 11.5. The smallest absolute Gasteiger partial charge is 0.296 e. The van der Waals surface area contributed by atoms with Crippen LogP contribution < -0.4 is 10.1 Å². The predicted molar refractivity (Wildman–Crippen MR) is 95.4 cm³/mol. The number of nitro benzene ring substituents is 1. The second kappa shape index (κ2) is 7.32. The fraction of sp³-hybridized carbons (Fsp3) is 0.0588. The molecule has 0 aliphatic heterocycles. The minimum absolute atomic E-state index is 0.109. The molecule has 0 saturated heterocycles. The second-order valence-electron chi connectivity index (χ2n) is 5.18. The number of hydrogen-bond donors (Lipinski definition) is 1. The first-order valence-electron chi connectivity index (χ1n) is 7.36. The molecule has 0 amide bonds. The van der Waals surface area contributed by atoms with Crippen LogP contribution in [-0.2, 0) is 0 Å². The molecule has 0 atom stereocenters. The zero-order chi connectivity index (χ0) is 18.7. The van der Waals surface area contributed by atoms with Crippen LogP contribution in [0.2, 0.25) is 5.15 Å². The zero-order valence-electron chi connectivity index (χ0n) is 13.4. The molecule has 2 aromatic carbocycles. The SMILES string of the molecule is COc1ccc(Nc2cc(Cl)nc(-c3cccc(F)c3)n2)c([N+](=O)[O-])c1. The van der Waals surface area contributed by atoms with Crippen LogP contribution >= 0.6 is 11.6 Å². The van der Waals surface area contributed by atoms with Gasteiger partial charge in [-0.15, -0.1) is 0 Å². The van der Waals surface area contributed by atoms with Gasteiger partial charge in [0.2, 0.25) is 0 Å². The third-order valence-corrected chi connectivity index (χ3v) is 3.64. The average Bonchev–Trinajstić information content (AvgIpc) is 2.61. The molecule has 132 valence electrons. The largest absolute Gasteiger partial charge is 0.496 e. The minimum atomic E-state index is -0.541. The number of nitro groups is 1. The molecular formula is C17H12ClFN4O3. The molecule has 1 N–H and O–H groups in total. The third kappa shape index (κ3) is 3.86.